The Balaban J connectivity index is 1.43. The molecule has 0 aliphatic carbocycles. The molecule has 0 amide bonds. The normalized spacial score (nSPS) is 14.4. The van der Waals surface area contributed by atoms with Gasteiger partial charge in [-0.25, -0.2) is 14.8 Å². The third-order valence-corrected chi connectivity index (χ3v) is 6.01. The Hall–Kier alpha value is -2.93. The Bertz CT molecular complexity index is 1040. The first kappa shape index (κ1) is 21.3. The zero-order valence-corrected chi connectivity index (χ0v) is 18.7. The van der Waals surface area contributed by atoms with Gasteiger partial charge in [0.25, 0.3) is 0 Å². The number of carbonyl (C=O) groups is 1. The van der Waals surface area contributed by atoms with Gasteiger partial charge in [0.15, 0.2) is 0 Å². The van der Waals surface area contributed by atoms with Crippen molar-refractivity contribution >= 4 is 27.8 Å². The molecule has 1 saturated heterocycles. The number of ether oxygens (including phenoxy) is 1. The summed E-state index contributed by atoms with van der Waals surface area (Å²) in [5, 5.41) is 9.53. The highest BCUT2D eigenvalue weighted by Crippen LogP contribution is 2.25. The lowest BCUT2D eigenvalue weighted by atomic mass is 9.90. The summed E-state index contributed by atoms with van der Waals surface area (Å²) in [5.41, 5.74) is 1.82. The summed E-state index contributed by atoms with van der Waals surface area (Å²) < 4.78 is 6.68. The van der Waals surface area contributed by atoms with E-state index in [9.17, 15) is 9.90 Å². The van der Waals surface area contributed by atoms with Gasteiger partial charge in [-0.2, -0.15) is 0 Å². The van der Waals surface area contributed by atoms with Crippen molar-refractivity contribution in [2.45, 2.75) is 25.9 Å². The van der Waals surface area contributed by atoms with Crippen LogP contribution in [0.4, 0.5) is 5.95 Å². The lowest BCUT2D eigenvalue weighted by Gasteiger charge is -2.32. The highest BCUT2D eigenvalue weighted by molar-refractivity contribution is 9.10. The number of rotatable bonds is 7. The Morgan fingerprint density at radius 2 is 1.90 bits per heavy atom. The van der Waals surface area contributed by atoms with E-state index in [1.54, 1.807) is 0 Å². The smallest absolute Gasteiger partial charge is 0.339 e. The van der Waals surface area contributed by atoms with Crippen molar-refractivity contribution in [2.75, 3.05) is 18.0 Å². The highest BCUT2D eigenvalue weighted by Gasteiger charge is 2.23. The van der Waals surface area contributed by atoms with Crippen LogP contribution in [-0.4, -0.2) is 34.1 Å². The van der Waals surface area contributed by atoms with Crippen molar-refractivity contribution in [1.82, 2.24) is 9.97 Å². The van der Waals surface area contributed by atoms with Crippen molar-refractivity contribution in [1.29, 1.82) is 0 Å². The van der Waals surface area contributed by atoms with Crippen LogP contribution in [0.2, 0.25) is 0 Å². The zero-order chi connectivity index (χ0) is 21.6. The Morgan fingerprint density at radius 1 is 1.13 bits per heavy atom. The standard InChI is InChI=1S/C24H24BrN3O3/c25-19-7-4-8-20(14-19)31-16-22-21(23(29)30)15-26-24(27-22)28-11-9-18(10-12-28)13-17-5-2-1-3-6-17/h1-8,14-15,18H,9-13,16H2,(H,29,30). The maximum Gasteiger partial charge on any atom is 0.339 e. The molecule has 1 aliphatic rings. The van der Waals surface area contributed by atoms with E-state index in [4.69, 9.17) is 4.74 Å². The number of hydrogen-bond acceptors (Lipinski definition) is 5. The van der Waals surface area contributed by atoms with Gasteiger partial charge in [0.1, 0.15) is 17.9 Å². The van der Waals surface area contributed by atoms with Crippen LogP contribution in [0.5, 0.6) is 5.75 Å². The monoisotopic (exact) mass is 481 g/mol. The fraction of sp³-hybridized carbons (Fsp3) is 0.292. The van der Waals surface area contributed by atoms with Crippen molar-refractivity contribution in [3.05, 3.63) is 82.1 Å². The molecule has 0 radical (unpaired) electrons. The molecule has 0 saturated carbocycles. The Labute approximate surface area is 190 Å². The van der Waals surface area contributed by atoms with E-state index in [0.29, 0.717) is 23.3 Å². The Morgan fingerprint density at radius 3 is 2.61 bits per heavy atom. The third kappa shape index (κ3) is 5.61. The number of aromatic nitrogens is 2. The topological polar surface area (TPSA) is 75.5 Å². The fourth-order valence-corrected chi connectivity index (χ4v) is 4.22. The van der Waals surface area contributed by atoms with Gasteiger partial charge in [-0.15, -0.1) is 0 Å². The largest absolute Gasteiger partial charge is 0.487 e. The van der Waals surface area contributed by atoms with E-state index in [0.717, 1.165) is 36.8 Å². The van der Waals surface area contributed by atoms with Crippen LogP contribution in [0.25, 0.3) is 0 Å². The number of benzene rings is 2. The second kappa shape index (κ2) is 9.92. The van der Waals surface area contributed by atoms with E-state index in [1.165, 1.54) is 11.8 Å². The molecule has 1 fully saturated rings. The van der Waals surface area contributed by atoms with Crippen LogP contribution in [0.3, 0.4) is 0 Å². The predicted octanol–water partition coefficient (Wildman–Crippen LogP) is 4.98. The molecule has 0 bridgehead atoms. The van der Waals surface area contributed by atoms with Crippen LogP contribution in [0.15, 0.2) is 65.3 Å². The second-order valence-corrected chi connectivity index (χ2v) is 8.62. The molecule has 1 aromatic heterocycles. The molecule has 1 N–H and O–H groups in total. The van der Waals surface area contributed by atoms with Gasteiger partial charge < -0.3 is 14.7 Å². The maximum absolute atomic E-state index is 11.6. The van der Waals surface area contributed by atoms with Gasteiger partial charge >= 0.3 is 5.97 Å². The summed E-state index contributed by atoms with van der Waals surface area (Å²) in [4.78, 5) is 22.7. The first-order chi connectivity index (χ1) is 15.1. The van der Waals surface area contributed by atoms with Crippen LogP contribution in [-0.2, 0) is 13.0 Å². The lowest BCUT2D eigenvalue weighted by Crippen LogP contribution is -2.35. The third-order valence-electron chi connectivity index (χ3n) is 5.52. The minimum absolute atomic E-state index is 0.0673. The van der Waals surface area contributed by atoms with E-state index in [1.807, 2.05) is 30.3 Å². The summed E-state index contributed by atoms with van der Waals surface area (Å²) in [6.07, 6.45) is 4.59. The molecule has 7 heteroatoms. The summed E-state index contributed by atoms with van der Waals surface area (Å²) in [6.45, 7) is 1.78. The van der Waals surface area contributed by atoms with Crippen molar-refractivity contribution in [3.63, 3.8) is 0 Å². The number of hydrogen-bond donors (Lipinski definition) is 1. The molecule has 0 unspecified atom stereocenters. The van der Waals surface area contributed by atoms with Crippen LogP contribution in [0.1, 0.15) is 34.5 Å². The molecular formula is C24H24BrN3O3. The van der Waals surface area contributed by atoms with Gasteiger partial charge in [0.2, 0.25) is 5.95 Å². The molecule has 31 heavy (non-hydrogen) atoms. The molecule has 3 aromatic rings. The highest BCUT2D eigenvalue weighted by atomic mass is 79.9. The minimum Gasteiger partial charge on any atom is -0.487 e. The molecule has 160 valence electrons. The number of piperidine rings is 1. The molecule has 0 atom stereocenters. The predicted molar refractivity (Wildman–Crippen MR) is 123 cm³/mol. The van der Waals surface area contributed by atoms with E-state index < -0.39 is 5.97 Å². The summed E-state index contributed by atoms with van der Waals surface area (Å²) >= 11 is 3.41. The first-order valence-electron chi connectivity index (χ1n) is 10.3. The van der Waals surface area contributed by atoms with Gasteiger partial charge in [0, 0.05) is 23.8 Å². The average Bonchev–Trinajstić information content (AvgIpc) is 2.79. The average molecular weight is 482 g/mol. The number of anilines is 1. The fourth-order valence-electron chi connectivity index (χ4n) is 3.84. The molecule has 1 aliphatic heterocycles. The van der Waals surface area contributed by atoms with Crippen molar-refractivity contribution < 1.29 is 14.6 Å². The number of halogens is 1. The molecule has 2 heterocycles. The van der Waals surface area contributed by atoms with Crippen LogP contribution in [0, 0.1) is 5.92 Å². The number of carboxylic acids is 1. The first-order valence-corrected chi connectivity index (χ1v) is 11.1. The van der Waals surface area contributed by atoms with Crippen LogP contribution >= 0.6 is 15.9 Å². The summed E-state index contributed by atoms with van der Waals surface area (Å²) in [7, 11) is 0. The molecule has 0 spiro atoms. The number of carboxylic acid groups (broad SMARTS) is 1. The van der Waals surface area contributed by atoms with Gasteiger partial charge in [-0.05, 0) is 48.9 Å². The lowest BCUT2D eigenvalue weighted by molar-refractivity contribution is 0.0692. The minimum atomic E-state index is -1.05. The van der Waals surface area contributed by atoms with Gasteiger partial charge in [-0.1, -0.05) is 52.3 Å². The zero-order valence-electron chi connectivity index (χ0n) is 17.1. The summed E-state index contributed by atoms with van der Waals surface area (Å²) in [6, 6.07) is 18.0. The quantitative estimate of drug-likeness (QED) is 0.512. The maximum atomic E-state index is 11.6. The molecule has 6 nitrogen and oxygen atoms in total. The van der Waals surface area contributed by atoms with E-state index >= 15 is 0 Å². The van der Waals surface area contributed by atoms with Crippen molar-refractivity contribution in [3.8, 4) is 5.75 Å². The van der Waals surface area contributed by atoms with E-state index in [2.05, 4.69) is 55.1 Å². The SMILES string of the molecule is O=C(O)c1cnc(N2CCC(Cc3ccccc3)CC2)nc1COc1cccc(Br)c1. The van der Waals surface area contributed by atoms with Crippen LogP contribution < -0.4 is 9.64 Å². The Kier molecular flexibility index (Phi) is 6.82. The molecule has 2 aromatic carbocycles. The summed E-state index contributed by atoms with van der Waals surface area (Å²) in [5.74, 6) is 0.792. The van der Waals surface area contributed by atoms with Gasteiger partial charge in [0.05, 0.1) is 5.69 Å². The number of aromatic carboxylic acids is 1. The van der Waals surface area contributed by atoms with Gasteiger partial charge in [-0.3, -0.25) is 0 Å². The van der Waals surface area contributed by atoms with E-state index in [-0.39, 0.29) is 12.2 Å². The molecular weight excluding hydrogens is 458 g/mol. The second-order valence-electron chi connectivity index (χ2n) is 7.70. The van der Waals surface area contributed by atoms with Crippen molar-refractivity contribution in [2.24, 2.45) is 5.92 Å². The number of nitrogens with zero attached hydrogens (tertiary/aromatic N) is 3. The molecule has 4 rings (SSSR count).